The Kier molecular flexibility index (Phi) is 4.56. The molecule has 3 heteroatoms. The summed E-state index contributed by atoms with van der Waals surface area (Å²) in [5.41, 5.74) is 1.62. The quantitative estimate of drug-likeness (QED) is 0.776. The Hall–Kier alpha value is -0.930. The van der Waals surface area contributed by atoms with Gasteiger partial charge in [-0.25, -0.2) is 4.39 Å². The van der Waals surface area contributed by atoms with E-state index in [1.807, 2.05) is 19.2 Å². The van der Waals surface area contributed by atoms with Gasteiger partial charge in [-0.15, -0.1) is 0 Å². The molecule has 2 nitrogen and oxygen atoms in total. The predicted octanol–water partition coefficient (Wildman–Crippen LogP) is 1.73. The van der Waals surface area contributed by atoms with Crippen LogP contribution in [0.3, 0.4) is 0 Å². The lowest BCUT2D eigenvalue weighted by Crippen LogP contribution is -2.11. The monoisotopic (exact) mass is 197 g/mol. The zero-order valence-corrected chi connectivity index (χ0v) is 8.64. The highest BCUT2D eigenvalue weighted by Gasteiger charge is 2.02. The van der Waals surface area contributed by atoms with Crippen molar-refractivity contribution in [1.29, 1.82) is 0 Å². The second-order valence-corrected chi connectivity index (χ2v) is 3.21. The number of nitrogens with one attached hydrogen (secondary N) is 1. The molecular formula is C11H16FNO. The van der Waals surface area contributed by atoms with E-state index in [0.29, 0.717) is 6.61 Å². The molecule has 0 saturated carbocycles. The van der Waals surface area contributed by atoms with Crippen LogP contribution in [-0.4, -0.2) is 20.7 Å². The third-order valence-corrected chi connectivity index (χ3v) is 2.07. The Balaban J connectivity index is 2.68. The molecule has 1 aromatic carbocycles. The second-order valence-electron chi connectivity index (χ2n) is 3.21. The molecule has 0 unspecified atom stereocenters. The molecule has 0 aliphatic rings. The lowest BCUT2D eigenvalue weighted by molar-refractivity contribution is 0.184. The summed E-state index contributed by atoms with van der Waals surface area (Å²) < 4.78 is 18.3. The van der Waals surface area contributed by atoms with Crippen LogP contribution in [0.4, 0.5) is 4.39 Å². The normalized spacial score (nSPS) is 10.5. The molecular weight excluding hydrogens is 181 g/mol. The highest BCUT2D eigenvalue weighted by atomic mass is 19.1. The largest absolute Gasteiger partial charge is 0.380 e. The summed E-state index contributed by atoms with van der Waals surface area (Å²) in [6.45, 7) is 1.25. The van der Waals surface area contributed by atoms with Gasteiger partial charge >= 0.3 is 0 Å². The lowest BCUT2D eigenvalue weighted by atomic mass is 10.1. The van der Waals surface area contributed by atoms with E-state index in [-0.39, 0.29) is 5.82 Å². The Labute approximate surface area is 84.1 Å². The Morgan fingerprint density at radius 2 is 2.21 bits per heavy atom. The molecule has 78 valence electrons. The van der Waals surface area contributed by atoms with E-state index in [2.05, 4.69) is 5.32 Å². The van der Waals surface area contributed by atoms with Gasteiger partial charge < -0.3 is 10.1 Å². The maximum atomic E-state index is 13.4. The van der Waals surface area contributed by atoms with Gasteiger partial charge in [-0.2, -0.15) is 0 Å². The number of ether oxygens (including phenoxy) is 1. The molecule has 1 aromatic rings. The maximum absolute atomic E-state index is 13.4. The molecule has 0 atom stereocenters. The zero-order chi connectivity index (χ0) is 10.4. The minimum Gasteiger partial charge on any atom is -0.380 e. The van der Waals surface area contributed by atoms with Crippen molar-refractivity contribution in [3.63, 3.8) is 0 Å². The Morgan fingerprint density at radius 3 is 2.79 bits per heavy atom. The first kappa shape index (κ1) is 11.1. The molecule has 1 rings (SSSR count). The number of halogens is 1. The van der Waals surface area contributed by atoms with Gasteiger partial charge in [-0.05, 0) is 37.2 Å². The smallest absolute Gasteiger partial charge is 0.126 e. The minimum absolute atomic E-state index is 0.144. The SMILES string of the molecule is CNCCc1ccc(COC)cc1F. The topological polar surface area (TPSA) is 21.3 Å². The standard InChI is InChI=1S/C11H16FNO/c1-13-6-5-10-4-3-9(8-14-2)7-11(10)12/h3-4,7,13H,5-6,8H2,1-2H3. The van der Waals surface area contributed by atoms with Gasteiger partial charge in [0.1, 0.15) is 5.82 Å². The Morgan fingerprint density at radius 1 is 1.43 bits per heavy atom. The fourth-order valence-corrected chi connectivity index (χ4v) is 1.31. The van der Waals surface area contributed by atoms with Crippen LogP contribution >= 0.6 is 0 Å². The van der Waals surface area contributed by atoms with Gasteiger partial charge in [-0.1, -0.05) is 12.1 Å². The summed E-state index contributed by atoms with van der Waals surface area (Å²) in [6, 6.07) is 5.26. The zero-order valence-electron chi connectivity index (χ0n) is 8.64. The van der Waals surface area contributed by atoms with E-state index in [4.69, 9.17) is 4.74 Å². The minimum atomic E-state index is -0.144. The molecule has 0 aliphatic carbocycles. The van der Waals surface area contributed by atoms with Gasteiger partial charge in [0, 0.05) is 7.11 Å². The molecule has 0 fully saturated rings. The highest BCUT2D eigenvalue weighted by Crippen LogP contribution is 2.11. The summed E-state index contributed by atoms with van der Waals surface area (Å²) in [6.07, 6.45) is 0.718. The van der Waals surface area contributed by atoms with Crippen LogP contribution in [0.1, 0.15) is 11.1 Å². The first-order chi connectivity index (χ1) is 6.77. The van der Waals surface area contributed by atoms with E-state index in [1.54, 1.807) is 7.11 Å². The second kappa shape index (κ2) is 5.73. The first-order valence-electron chi connectivity index (χ1n) is 4.68. The fraction of sp³-hybridized carbons (Fsp3) is 0.455. The number of rotatable bonds is 5. The van der Waals surface area contributed by atoms with E-state index in [0.717, 1.165) is 24.1 Å². The van der Waals surface area contributed by atoms with E-state index in [9.17, 15) is 4.39 Å². The van der Waals surface area contributed by atoms with Crippen LogP contribution in [0, 0.1) is 5.82 Å². The number of likely N-dealkylation sites (N-methyl/N-ethyl adjacent to an activating group) is 1. The summed E-state index contributed by atoms with van der Waals surface area (Å²) in [7, 11) is 3.46. The molecule has 0 saturated heterocycles. The number of benzene rings is 1. The lowest BCUT2D eigenvalue weighted by Gasteiger charge is -2.05. The summed E-state index contributed by atoms with van der Waals surface area (Å²) in [4.78, 5) is 0. The summed E-state index contributed by atoms with van der Waals surface area (Å²) >= 11 is 0. The van der Waals surface area contributed by atoms with Gasteiger partial charge in [0.25, 0.3) is 0 Å². The van der Waals surface area contributed by atoms with Crippen molar-refractivity contribution in [2.45, 2.75) is 13.0 Å². The van der Waals surface area contributed by atoms with Gasteiger partial charge in [0.2, 0.25) is 0 Å². The van der Waals surface area contributed by atoms with Crippen LogP contribution in [0.2, 0.25) is 0 Å². The number of methoxy groups -OCH3 is 1. The molecule has 14 heavy (non-hydrogen) atoms. The third-order valence-electron chi connectivity index (χ3n) is 2.07. The number of hydrogen-bond acceptors (Lipinski definition) is 2. The average molecular weight is 197 g/mol. The molecule has 0 aliphatic heterocycles. The van der Waals surface area contributed by atoms with Gasteiger partial charge in [-0.3, -0.25) is 0 Å². The Bertz CT molecular complexity index is 289. The van der Waals surface area contributed by atoms with Crippen LogP contribution in [-0.2, 0) is 17.8 Å². The van der Waals surface area contributed by atoms with Crippen molar-refractivity contribution in [3.8, 4) is 0 Å². The van der Waals surface area contributed by atoms with Gasteiger partial charge in [0.15, 0.2) is 0 Å². The predicted molar refractivity (Wildman–Crippen MR) is 54.7 cm³/mol. The van der Waals surface area contributed by atoms with Crippen molar-refractivity contribution in [2.75, 3.05) is 20.7 Å². The van der Waals surface area contributed by atoms with Crippen molar-refractivity contribution in [3.05, 3.63) is 35.1 Å². The first-order valence-corrected chi connectivity index (χ1v) is 4.68. The van der Waals surface area contributed by atoms with Gasteiger partial charge in [0.05, 0.1) is 6.61 Å². The molecule has 0 heterocycles. The van der Waals surface area contributed by atoms with Crippen LogP contribution in [0.5, 0.6) is 0 Å². The summed E-state index contributed by atoms with van der Waals surface area (Å²) in [5.74, 6) is -0.144. The van der Waals surface area contributed by atoms with Crippen LogP contribution < -0.4 is 5.32 Å². The van der Waals surface area contributed by atoms with Crippen LogP contribution in [0.25, 0.3) is 0 Å². The van der Waals surface area contributed by atoms with E-state index < -0.39 is 0 Å². The molecule has 0 aromatic heterocycles. The molecule has 0 radical (unpaired) electrons. The molecule has 0 amide bonds. The average Bonchev–Trinajstić information content (AvgIpc) is 2.17. The van der Waals surface area contributed by atoms with E-state index in [1.165, 1.54) is 6.07 Å². The van der Waals surface area contributed by atoms with Crippen molar-refractivity contribution < 1.29 is 9.13 Å². The summed E-state index contributed by atoms with van der Waals surface area (Å²) in [5, 5.41) is 2.99. The van der Waals surface area contributed by atoms with Crippen molar-refractivity contribution in [2.24, 2.45) is 0 Å². The fourth-order valence-electron chi connectivity index (χ4n) is 1.31. The van der Waals surface area contributed by atoms with Crippen molar-refractivity contribution >= 4 is 0 Å². The third kappa shape index (κ3) is 3.09. The molecule has 0 bridgehead atoms. The van der Waals surface area contributed by atoms with Crippen molar-refractivity contribution in [1.82, 2.24) is 5.32 Å². The molecule has 0 spiro atoms. The molecule has 1 N–H and O–H groups in total. The van der Waals surface area contributed by atoms with Crippen LogP contribution in [0.15, 0.2) is 18.2 Å². The number of hydrogen-bond donors (Lipinski definition) is 1. The van der Waals surface area contributed by atoms with E-state index >= 15 is 0 Å². The maximum Gasteiger partial charge on any atom is 0.126 e. The highest BCUT2D eigenvalue weighted by molar-refractivity contribution is 5.24.